The van der Waals surface area contributed by atoms with Crippen LogP contribution < -0.4 is 0 Å². The number of carbonyl (C=O) groups excluding carboxylic acids is 1. The molecule has 0 radical (unpaired) electrons. The van der Waals surface area contributed by atoms with Crippen LogP contribution in [0.2, 0.25) is 0 Å². The van der Waals surface area contributed by atoms with E-state index in [1.807, 2.05) is 0 Å². The first-order valence-corrected chi connectivity index (χ1v) is 2.91. The highest BCUT2D eigenvalue weighted by molar-refractivity contribution is 5.97. The van der Waals surface area contributed by atoms with Crippen molar-refractivity contribution in [2.75, 3.05) is 0 Å². The first-order valence-electron chi connectivity index (χ1n) is 2.91. The zero-order chi connectivity index (χ0) is 7.98. The van der Waals surface area contributed by atoms with Crippen LogP contribution in [0.25, 0.3) is 0 Å². The van der Waals surface area contributed by atoms with E-state index in [1.165, 1.54) is 0 Å². The van der Waals surface area contributed by atoms with Gasteiger partial charge in [0.25, 0.3) is 0 Å². The van der Waals surface area contributed by atoms with Crippen LogP contribution in [0.4, 0.5) is 0 Å². The second-order valence-corrected chi connectivity index (χ2v) is 1.64. The third-order valence-corrected chi connectivity index (χ3v) is 0.782. The predicted octanol–water partition coefficient (Wildman–Crippen LogP) is 0.949. The number of terminal acetylenes is 1. The Morgan fingerprint density at radius 1 is 1.80 bits per heavy atom. The van der Waals surface area contributed by atoms with E-state index < -0.39 is 0 Å². The topological polar surface area (TPSA) is 38.7 Å². The molecule has 0 heterocycles. The smallest absolute Gasteiger partial charge is 0.317 e. The second kappa shape index (κ2) is 4.57. The van der Waals surface area contributed by atoms with Crippen LogP contribution in [0.3, 0.4) is 0 Å². The highest BCUT2D eigenvalue weighted by Gasteiger charge is 1.94. The lowest BCUT2D eigenvalue weighted by molar-refractivity contribution is -0.143. The van der Waals surface area contributed by atoms with Gasteiger partial charge >= 0.3 is 5.97 Å². The van der Waals surface area contributed by atoms with E-state index in [0.717, 1.165) is 0 Å². The third kappa shape index (κ3) is 3.67. The van der Waals surface area contributed by atoms with Crippen LogP contribution in [-0.4, -0.2) is 11.7 Å². The monoisotopic (exact) mass is 139 g/mol. The summed E-state index contributed by atoms with van der Waals surface area (Å²) in [6.07, 6.45) is 5.23. The van der Waals surface area contributed by atoms with Crippen LogP contribution in [0.1, 0.15) is 20.3 Å². The van der Waals surface area contributed by atoms with Crippen LogP contribution in [0.15, 0.2) is 5.16 Å². The van der Waals surface area contributed by atoms with Gasteiger partial charge < -0.3 is 4.84 Å². The van der Waals surface area contributed by atoms with Crippen molar-refractivity contribution < 1.29 is 9.63 Å². The first-order chi connectivity index (χ1) is 4.70. The zero-order valence-electron chi connectivity index (χ0n) is 6.05. The molecule has 10 heavy (non-hydrogen) atoms. The number of oxime groups is 1. The maximum absolute atomic E-state index is 10.4. The van der Waals surface area contributed by atoms with E-state index in [0.29, 0.717) is 12.1 Å². The molecule has 0 rings (SSSR count). The van der Waals surface area contributed by atoms with Crippen LogP contribution >= 0.6 is 0 Å². The number of carbonyl (C=O) groups is 1. The summed E-state index contributed by atoms with van der Waals surface area (Å²) in [4.78, 5) is 14.8. The average Bonchev–Trinajstić information content (AvgIpc) is 1.99. The number of hydrogen-bond acceptors (Lipinski definition) is 3. The van der Waals surface area contributed by atoms with Crippen LogP contribution in [0, 0.1) is 12.3 Å². The molecule has 0 aliphatic heterocycles. The molecule has 0 aromatic heterocycles. The maximum atomic E-state index is 10.4. The van der Waals surface area contributed by atoms with Crippen molar-refractivity contribution in [1.82, 2.24) is 0 Å². The minimum atomic E-state index is -0.380. The summed E-state index contributed by atoms with van der Waals surface area (Å²) in [6.45, 7) is 3.27. The van der Waals surface area contributed by atoms with Gasteiger partial charge in [0, 0.05) is 6.42 Å². The van der Waals surface area contributed by atoms with Crippen molar-refractivity contribution in [3.8, 4) is 12.3 Å². The molecule has 0 aliphatic rings. The Balaban J connectivity index is 3.75. The lowest BCUT2D eigenvalue weighted by Gasteiger charge is -1.91. The van der Waals surface area contributed by atoms with Gasteiger partial charge in [0.15, 0.2) is 0 Å². The van der Waals surface area contributed by atoms with Gasteiger partial charge in [-0.25, -0.2) is 4.79 Å². The van der Waals surface area contributed by atoms with Gasteiger partial charge in [-0.2, -0.15) is 0 Å². The summed E-state index contributed by atoms with van der Waals surface area (Å²) in [5.41, 5.74) is 0.363. The molecule has 3 heteroatoms. The number of rotatable bonds is 2. The normalized spacial score (nSPS) is 10.3. The molecule has 0 aromatic carbocycles. The van der Waals surface area contributed by atoms with Gasteiger partial charge in [-0.15, -0.1) is 6.42 Å². The SMILES string of the molecule is C#C/C(C)=N\OC(=O)CC. The molecular formula is C7H9NO2. The number of hydrogen-bond donors (Lipinski definition) is 0. The van der Waals surface area contributed by atoms with Gasteiger partial charge in [0.05, 0.1) is 0 Å². The fourth-order valence-electron chi connectivity index (χ4n) is 0.210. The Kier molecular flexibility index (Phi) is 3.97. The van der Waals surface area contributed by atoms with E-state index in [1.54, 1.807) is 13.8 Å². The van der Waals surface area contributed by atoms with E-state index in [2.05, 4.69) is 15.9 Å². The Bertz CT molecular complexity index is 188. The lowest BCUT2D eigenvalue weighted by Crippen LogP contribution is -1.98. The van der Waals surface area contributed by atoms with Gasteiger partial charge in [0.1, 0.15) is 5.71 Å². The maximum Gasteiger partial charge on any atom is 0.334 e. The van der Waals surface area contributed by atoms with Crippen molar-refractivity contribution in [2.45, 2.75) is 20.3 Å². The minimum absolute atomic E-state index is 0.307. The Hall–Kier alpha value is -1.30. The summed E-state index contributed by atoms with van der Waals surface area (Å²) in [5, 5.41) is 3.34. The van der Waals surface area contributed by atoms with Crippen molar-refractivity contribution in [1.29, 1.82) is 0 Å². The Morgan fingerprint density at radius 2 is 2.40 bits per heavy atom. The highest BCUT2D eigenvalue weighted by Crippen LogP contribution is 1.85. The van der Waals surface area contributed by atoms with Crippen molar-refractivity contribution >= 4 is 11.7 Å². The van der Waals surface area contributed by atoms with Crippen molar-refractivity contribution in [2.24, 2.45) is 5.16 Å². The molecule has 0 saturated carbocycles. The molecule has 0 aliphatic carbocycles. The minimum Gasteiger partial charge on any atom is -0.317 e. The molecule has 0 fully saturated rings. The van der Waals surface area contributed by atoms with E-state index in [-0.39, 0.29) is 5.97 Å². The summed E-state index contributed by atoms with van der Waals surface area (Å²) >= 11 is 0. The number of nitrogens with zero attached hydrogens (tertiary/aromatic N) is 1. The fourth-order valence-corrected chi connectivity index (χ4v) is 0.210. The molecule has 0 amide bonds. The second-order valence-electron chi connectivity index (χ2n) is 1.64. The summed E-state index contributed by atoms with van der Waals surface area (Å²) in [5.74, 6) is 1.84. The third-order valence-electron chi connectivity index (χ3n) is 0.782. The summed E-state index contributed by atoms with van der Waals surface area (Å²) in [7, 11) is 0. The quantitative estimate of drug-likeness (QED) is 0.247. The molecular weight excluding hydrogens is 130 g/mol. The van der Waals surface area contributed by atoms with Crippen LogP contribution in [0.5, 0.6) is 0 Å². The molecule has 0 N–H and O–H groups in total. The van der Waals surface area contributed by atoms with Gasteiger partial charge in [-0.3, -0.25) is 0 Å². The Morgan fingerprint density at radius 3 is 2.80 bits per heavy atom. The summed E-state index contributed by atoms with van der Waals surface area (Å²) < 4.78 is 0. The zero-order valence-corrected chi connectivity index (χ0v) is 6.05. The van der Waals surface area contributed by atoms with E-state index in [4.69, 9.17) is 6.42 Å². The highest BCUT2D eigenvalue weighted by atomic mass is 16.7. The van der Waals surface area contributed by atoms with Gasteiger partial charge in [0.2, 0.25) is 0 Å². The predicted molar refractivity (Wildman–Crippen MR) is 38.3 cm³/mol. The standard InChI is InChI=1S/C7H9NO2/c1-4-6(3)8-10-7(9)5-2/h1H,5H2,2-3H3/b8-6-. The molecule has 54 valence electrons. The molecule has 0 bridgehead atoms. The molecule has 0 aromatic rings. The van der Waals surface area contributed by atoms with Gasteiger partial charge in [-0.1, -0.05) is 18.0 Å². The van der Waals surface area contributed by atoms with Crippen molar-refractivity contribution in [3.63, 3.8) is 0 Å². The van der Waals surface area contributed by atoms with Crippen LogP contribution in [-0.2, 0) is 9.63 Å². The van der Waals surface area contributed by atoms with E-state index >= 15 is 0 Å². The molecule has 0 unspecified atom stereocenters. The average molecular weight is 139 g/mol. The molecule has 0 atom stereocenters. The lowest BCUT2D eigenvalue weighted by atomic mass is 10.5. The van der Waals surface area contributed by atoms with E-state index in [9.17, 15) is 4.79 Å². The Labute approximate surface area is 60.1 Å². The van der Waals surface area contributed by atoms with Gasteiger partial charge in [-0.05, 0) is 6.92 Å². The largest absolute Gasteiger partial charge is 0.334 e. The summed E-state index contributed by atoms with van der Waals surface area (Å²) in [6, 6.07) is 0. The molecule has 0 spiro atoms. The van der Waals surface area contributed by atoms with Crippen molar-refractivity contribution in [3.05, 3.63) is 0 Å². The fraction of sp³-hybridized carbons (Fsp3) is 0.429. The first kappa shape index (κ1) is 8.70. The molecule has 3 nitrogen and oxygen atoms in total. The molecule has 0 saturated heterocycles.